The predicted octanol–water partition coefficient (Wildman–Crippen LogP) is 1.09. The van der Waals surface area contributed by atoms with Gasteiger partial charge < -0.3 is 14.8 Å². The smallest absolute Gasteiger partial charge is 0.326 e. The van der Waals surface area contributed by atoms with Crippen LogP contribution in [0.2, 0.25) is 0 Å². The first-order valence-electron chi connectivity index (χ1n) is 5.70. The number of carboxylic acid groups (broad SMARTS) is 1. The van der Waals surface area contributed by atoms with E-state index in [0.29, 0.717) is 5.65 Å². The number of amides is 1. The van der Waals surface area contributed by atoms with Crippen molar-refractivity contribution in [3.63, 3.8) is 0 Å². The highest BCUT2D eigenvalue weighted by molar-refractivity contribution is 5.95. The van der Waals surface area contributed by atoms with E-state index in [0.717, 1.165) is 0 Å². The highest BCUT2D eigenvalue weighted by Crippen LogP contribution is 2.05. The molecule has 2 N–H and O–H groups in total. The average molecular weight is 259 g/mol. The highest BCUT2D eigenvalue weighted by atomic mass is 16.4. The Morgan fingerprint density at radius 1 is 1.53 bits per heavy atom. The number of nitrogens with one attached hydrogen (secondary N) is 1. The molecule has 6 heteroatoms. The number of aliphatic carboxylic acids is 1. The minimum atomic E-state index is -1.10. The normalized spacial score (nSPS) is 12.0. The van der Waals surface area contributed by atoms with Gasteiger partial charge in [-0.2, -0.15) is 0 Å². The molecule has 0 aliphatic rings. The number of fused-ring (bicyclic) bond motifs is 1. The van der Waals surface area contributed by atoms with Gasteiger partial charge in [-0.3, -0.25) is 4.79 Å². The fourth-order valence-corrected chi connectivity index (χ4v) is 1.66. The second kappa shape index (κ2) is 5.34. The summed E-state index contributed by atoms with van der Waals surface area (Å²) in [7, 11) is 0. The molecule has 0 saturated carbocycles. The number of carbonyl (C=O) groups is 2. The van der Waals surface area contributed by atoms with Gasteiger partial charge >= 0.3 is 5.97 Å². The summed E-state index contributed by atoms with van der Waals surface area (Å²) in [5.41, 5.74) is 0.810. The van der Waals surface area contributed by atoms with Crippen molar-refractivity contribution in [1.82, 2.24) is 14.7 Å². The van der Waals surface area contributed by atoms with Crippen molar-refractivity contribution in [2.45, 2.75) is 12.5 Å². The van der Waals surface area contributed by atoms with Crippen molar-refractivity contribution in [3.8, 4) is 0 Å². The standard InChI is InChI=1S/C13H13N3O3/c1-2-5-9(13(18)19)15-12(17)10-8-16-7-4-3-6-11(16)14-10/h2-4,6-9H,1,5H2,(H,15,17)(H,18,19). The second-order valence-corrected chi connectivity index (χ2v) is 3.98. The van der Waals surface area contributed by atoms with E-state index in [4.69, 9.17) is 5.11 Å². The van der Waals surface area contributed by atoms with Gasteiger partial charge in [-0.05, 0) is 18.6 Å². The van der Waals surface area contributed by atoms with Gasteiger partial charge in [0, 0.05) is 12.4 Å². The molecule has 0 spiro atoms. The number of hydrogen-bond donors (Lipinski definition) is 2. The van der Waals surface area contributed by atoms with E-state index in [-0.39, 0.29) is 12.1 Å². The maximum atomic E-state index is 11.9. The maximum absolute atomic E-state index is 11.9. The van der Waals surface area contributed by atoms with Crippen LogP contribution in [0.5, 0.6) is 0 Å². The van der Waals surface area contributed by atoms with E-state index in [1.165, 1.54) is 6.08 Å². The van der Waals surface area contributed by atoms with E-state index in [1.807, 2.05) is 12.1 Å². The van der Waals surface area contributed by atoms with Crippen LogP contribution in [0.3, 0.4) is 0 Å². The van der Waals surface area contributed by atoms with Gasteiger partial charge in [-0.15, -0.1) is 6.58 Å². The molecule has 0 bridgehead atoms. The number of rotatable bonds is 5. The molecule has 0 aromatic carbocycles. The quantitative estimate of drug-likeness (QED) is 0.787. The highest BCUT2D eigenvalue weighted by Gasteiger charge is 2.20. The summed E-state index contributed by atoms with van der Waals surface area (Å²) in [5.74, 6) is -1.62. The van der Waals surface area contributed by atoms with Crippen LogP contribution in [0.4, 0.5) is 0 Å². The molecule has 2 heterocycles. The average Bonchev–Trinajstić information content (AvgIpc) is 2.81. The van der Waals surface area contributed by atoms with Gasteiger partial charge in [-0.25, -0.2) is 9.78 Å². The Labute approximate surface area is 109 Å². The second-order valence-electron chi connectivity index (χ2n) is 3.98. The molecule has 0 radical (unpaired) electrons. The number of nitrogens with zero attached hydrogens (tertiary/aromatic N) is 2. The van der Waals surface area contributed by atoms with Crippen molar-refractivity contribution in [1.29, 1.82) is 0 Å². The van der Waals surface area contributed by atoms with Crippen molar-refractivity contribution in [3.05, 3.63) is 48.9 Å². The molecule has 6 nitrogen and oxygen atoms in total. The topological polar surface area (TPSA) is 83.7 Å². The van der Waals surface area contributed by atoms with Crippen LogP contribution in [0, 0.1) is 0 Å². The van der Waals surface area contributed by atoms with Gasteiger partial charge in [0.25, 0.3) is 5.91 Å². The minimum absolute atomic E-state index is 0.161. The molecule has 0 fully saturated rings. The molecular weight excluding hydrogens is 246 g/mol. The Balaban J connectivity index is 2.18. The van der Waals surface area contributed by atoms with Crippen LogP contribution in [0.25, 0.3) is 5.65 Å². The molecule has 19 heavy (non-hydrogen) atoms. The van der Waals surface area contributed by atoms with Gasteiger partial charge in [0.05, 0.1) is 0 Å². The Hall–Kier alpha value is -2.63. The maximum Gasteiger partial charge on any atom is 0.326 e. The molecule has 1 atom stereocenters. The van der Waals surface area contributed by atoms with E-state index >= 15 is 0 Å². The summed E-state index contributed by atoms with van der Waals surface area (Å²) >= 11 is 0. The Kier molecular flexibility index (Phi) is 3.61. The molecule has 0 aliphatic carbocycles. The molecule has 2 aromatic heterocycles. The van der Waals surface area contributed by atoms with Gasteiger partial charge in [0.2, 0.25) is 0 Å². The summed E-state index contributed by atoms with van der Waals surface area (Å²) in [5, 5.41) is 11.4. The molecule has 2 aromatic rings. The number of carbonyl (C=O) groups excluding carboxylic acids is 1. The van der Waals surface area contributed by atoms with Gasteiger partial charge in [0.15, 0.2) is 0 Å². The van der Waals surface area contributed by atoms with E-state index < -0.39 is 17.9 Å². The zero-order valence-corrected chi connectivity index (χ0v) is 10.1. The van der Waals surface area contributed by atoms with Crippen molar-refractivity contribution < 1.29 is 14.7 Å². The van der Waals surface area contributed by atoms with E-state index in [2.05, 4.69) is 16.9 Å². The third kappa shape index (κ3) is 2.79. The van der Waals surface area contributed by atoms with Crippen molar-refractivity contribution in [2.24, 2.45) is 0 Å². The first kappa shape index (κ1) is 12.8. The fourth-order valence-electron chi connectivity index (χ4n) is 1.66. The first-order chi connectivity index (χ1) is 9.11. The molecule has 1 amide bonds. The molecule has 1 unspecified atom stereocenters. The molecule has 2 rings (SSSR count). The summed E-state index contributed by atoms with van der Waals surface area (Å²) in [4.78, 5) is 27.0. The predicted molar refractivity (Wildman–Crippen MR) is 68.9 cm³/mol. The molecule has 0 saturated heterocycles. The third-order valence-corrected chi connectivity index (χ3v) is 2.60. The molecule has 0 aliphatic heterocycles. The molecular formula is C13H13N3O3. The van der Waals surface area contributed by atoms with Crippen LogP contribution >= 0.6 is 0 Å². The van der Waals surface area contributed by atoms with E-state index in [1.54, 1.807) is 22.9 Å². The lowest BCUT2D eigenvalue weighted by Crippen LogP contribution is -2.40. The summed E-state index contributed by atoms with van der Waals surface area (Å²) < 4.78 is 1.69. The van der Waals surface area contributed by atoms with Crippen LogP contribution in [-0.2, 0) is 4.79 Å². The number of pyridine rings is 1. The summed E-state index contributed by atoms with van der Waals surface area (Å²) in [6.45, 7) is 3.46. The lowest BCUT2D eigenvalue weighted by atomic mass is 10.2. The first-order valence-corrected chi connectivity index (χ1v) is 5.70. The zero-order chi connectivity index (χ0) is 13.8. The molecule has 98 valence electrons. The van der Waals surface area contributed by atoms with Gasteiger partial charge in [0.1, 0.15) is 17.4 Å². The van der Waals surface area contributed by atoms with Crippen LogP contribution in [0.15, 0.2) is 43.2 Å². The monoisotopic (exact) mass is 259 g/mol. The van der Waals surface area contributed by atoms with Gasteiger partial charge in [-0.1, -0.05) is 12.1 Å². The van der Waals surface area contributed by atoms with Crippen molar-refractivity contribution in [2.75, 3.05) is 0 Å². The SMILES string of the molecule is C=CCC(NC(=O)c1cn2ccccc2n1)C(=O)O. The number of aromatic nitrogens is 2. The Bertz CT molecular complexity index is 600. The number of carboxylic acids is 1. The van der Waals surface area contributed by atoms with Crippen molar-refractivity contribution >= 4 is 17.5 Å². The van der Waals surface area contributed by atoms with Crippen LogP contribution < -0.4 is 5.32 Å². The third-order valence-electron chi connectivity index (χ3n) is 2.60. The minimum Gasteiger partial charge on any atom is -0.480 e. The lowest BCUT2D eigenvalue weighted by Gasteiger charge is -2.10. The fraction of sp³-hybridized carbons (Fsp3) is 0.154. The largest absolute Gasteiger partial charge is 0.480 e. The zero-order valence-electron chi connectivity index (χ0n) is 10.1. The summed E-state index contributed by atoms with van der Waals surface area (Å²) in [6.07, 6.45) is 4.92. The number of imidazole rings is 1. The van der Waals surface area contributed by atoms with Crippen LogP contribution in [0.1, 0.15) is 16.9 Å². The Morgan fingerprint density at radius 3 is 2.95 bits per heavy atom. The van der Waals surface area contributed by atoms with Crippen LogP contribution in [-0.4, -0.2) is 32.4 Å². The lowest BCUT2D eigenvalue weighted by molar-refractivity contribution is -0.139. The Morgan fingerprint density at radius 2 is 2.32 bits per heavy atom. The number of hydrogen-bond acceptors (Lipinski definition) is 3. The summed E-state index contributed by atoms with van der Waals surface area (Å²) in [6, 6.07) is 4.39. The van der Waals surface area contributed by atoms with E-state index in [9.17, 15) is 9.59 Å².